The van der Waals surface area contributed by atoms with Crippen LogP contribution in [0, 0.1) is 18.6 Å². The summed E-state index contributed by atoms with van der Waals surface area (Å²) in [5.74, 6) is -0.829. The fraction of sp³-hybridized carbons (Fsp3) is 0.571. The van der Waals surface area contributed by atoms with Crippen molar-refractivity contribution in [1.82, 2.24) is 5.32 Å². The van der Waals surface area contributed by atoms with Gasteiger partial charge in [0.05, 0.1) is 6.04 Å². The molecule has 0 spiro atoms. The van der Waals surface area contributed by atoms with E-state index >= 15 is 0 Å². The average molecular weight is 273 g/mol. The molecule has 108 valence electrons. The second-order valence-electron chi connectivity index (χ2n) is 4.64. The molecule has 0 heterocycles. The van der Waals surface area contributed by atoms with Crippen LogP contribution in [0.5, 0.6) is 0 Å². The maximum atomic E-state index is 13.8. The number of ether oxygens (including phenoxy) is 2. The minimum absolute atomic E-state index is 0.159. The molecule has 2 unspecified atom stereocenters. The molecule has 19 heavy (non-hydrogen) atoms. The van der Waals surface area contributed by atoms with Gasteiger partial charge in [-0.05, 0) is 38.5 Å². The van der Waals surface area contributed by atoms with Gasteiger partial charge in [0, 0.05) is 25.8 Å². The summed E-state index contributed by atoms with van der Waals surface area (Å²) < 4.78 is 37.6. The standard InChI is InChI=1S/C14H21F2NO2/c1-8-6-13(16)11(7-12(8)15)9(2)17-10(3)14(18-4)19-5/h6-7,9-10,14,17H,1-5H3. The Kier molecular flexibility index (Phi) is 5.85. The summed E-state index contributed by atoms with van der Waals surface area (Å²) in [7, 11) is 3.06. The van der Waals surface area contributed by atoms with Gasteiger partial charge in [-0.3, -0.25) is 0 Å². The number of nitrogens with one attached hydrogen (secondary N) is 1. The van der Waals surface area contributed by atoms with Crippen molar-refractivity contribution in [3.63, 3.8) is 0 Å². The van der Waals surface area contributed by atoms with Crippen LogP contribution in [0.3, 0.4) is 0 Å². The van der Waals surface area contributed by atoms with Crippen molar-refractivity contribution in [2.24, 2.45) is 0 Å². The molecule has 0 aliphatic heterocycles. The molecule has 1 N–H and O–H groups in total. The monoisotopic (exact) mass is 273 g/mol. The van der Waals surface area contributed by atoms with E-state index in [4.69, 9.17) is 9.47 Å². The van der Waals surface area contributed by atoms with Gasteiger partial charge in [0.1, 0.15) is 11.6 Å². The quantitative estimate of drug-likeness (QED) is 0.808. The molecule has 0 saturated heterocycles. The summed E-state index contributed by atoms with van der Waals surface area (Å²) >= 11 is 0. The lowest BCUT2D eigenvalue weighted by Gasteiger charge is -2.26. The molecule has 0 aliphatic rings. The molecule has 0 bridgehead atoms. The largest absolute Gasteiger partial charge is 0.354 e. The Hall–Kier alpha value is -1.04. The van der Waals surface area contributed by atoms with Gasteiger partial charge in [0.15, 0.2) is 6.29 Å². The minimum atomic E-state index is -0.444. The summed E-state index contributed by atoms with van der Waals surface area (Å²) in [5.41, 5.74) is 0.592. The second kappa shape index (κ2) is 6.93. The van der Waals surface area contributed by atoms with Crippen molar-refractivity contribution in [3.05, 3.63) is 34.9 Å². The number of rotatable bonds is 6. The molecule has 1 aromatic carbocycles. The van der Waals surface area contributed by atoms with Gasteiger partial charge in [-0.15, -0.1) is 0 Å². The topological polar surface area (TPSA) is 30.5 Å². The van der Waals surface area contributed by atoms with E-state index in [0.29, 0.717) is 11.1 Å². The van der Waals surface area contributed by atoms with Gasteiger partial charge in [-0.1, -0.05) is 0 Å². The van der Waals surface area contributed by atoms with E-state index in [0.717, 1.165) is 0 Å². The highest BCUT2D eigenvalue weighted by molar-refractivity contribution is 5.27. The van der Waals surface area contributed by atoms with E-state index < -0.39 is 17.9 Å². The Labute approximate surface area is 112 Å². The number of halogens is 2. The first kappa shape index (κ1) is 16.0. The van der Waals surface area contributed by atoms with Crippen molar-refractivity contribution in [1.29, 1.82) is 0 Å². The van der Waals surface area contributed by atoms with Crippen LogP contribution in [-0.2, 0) is 9.47 Å². The molecule has 0 saturated carbocycles. The lowest BCUT2D eigenvalue weighted by Crippen LogP contribution is -2.41. The average Bonchev–Trinajstić information content (AvgIpc) is 2.35. The number of hydrogen-bond acceptors (Lipinski definition) is 3. The Morgan fingerprint density at radius 2 is 1.63 bits per heavy atom. The van der Waals surface area contributed by atoms with Gasteiger partial charge < -0.3 is 14.8 Å². The zero-order valence-corrected chi connectivity index (χ0v) is 12.0. The molecular formula is C14H21F2NO2. The highest BCUT2D eigenvalue weighted by Gasteiger charge is 2.20. The number of aryl methyl sites for hydroxylation is 1. The first-order chi connectivity index (χ1) is 8.90. The van der Waals surface area contributed by atoms with Crippen LogP contribution in [0.4, 0.5) is 8.78 Å². The Morgan fingerprint density at radius 1 is 1.05 bits per heavy atom. The summed E-state index contributed by atoms with van der Waals surface area (Å²) in [4.78, 5) is 0. The molecule has 0 aromatic heterocycles. The molecule has 0 aliphatic carbocycles. The van der Waals surface area contributed by atoms with Crippen molar-refractivity contribution < 1.29 is 18.3 Å². The lowest BCUT2D eigenvalue weighted by atomic mass is 10.0. The third-order valence-corrected chi connectivity index (χ3v) is 3.13. The molecule has 5 heteroatoms. The fourth-order valence-electron chi connectivity index (χ4n) is 2.06. The fourth-order valence-corrected chi connectivity index (χ4v) is 2.06. The summed E-state index contributed by atoms with van der Waals surface area (Å²) in [6, 6.07) is 1.92. The summed E-state index contributed by atoms with van der Waals surface area (Å²) in [6.07, 6.45) is -0.444. The zero-order valence-electron chi connectivity index (χ0n) is 12.0. The third-order valence-electron chi connectivity index (χ3n) is 3.13. The van der Waals surface area contributed by atoms with E-state index in [1.165, 1.54) is 33.3 Å². The molecule has 0 radical (unpaired) electrons. The molecule has 3 nitrogen and oxygen atoms in total. The minimum Gasteiger partial charge on any atom is -0.354 e. The van der Waals surface area contributed by atoms with Gasteiger partial charge in [0.25, 0.3) is 0 Å². The molecule has 1 rings (SSSR count). The van der Waals surface area contributed by atoms with Crippen LogP contribution in [0.2, 0.25) is 0 Å². The number of hydrogen-bond donors (Lipinski definition) is 1. The van der Waals surface area contributed by atoms with E-state index in [1.54, 1.807) is 6.92 Å². The smallest absolute Gasteiger partial charge is 0.171 e. The van der Waals surface area contributed by atoms with Gasteiger partial charge in [0.2, 0.25) is 0 Å². The van der Waals surface area contributed by atoms with E-state index in [9.17, 15) is 8.78 Å². The van der Waals surface area contributed by atoms with Gasteiger partial charge in [-0.2, -0.15) is 0 Å². The Morgan fingerprint density at radius 3 is 2.16 bits per heavy atom. The first-order valence-corrected chi connectivity index (χ1v) is 6.17. The van der Waals surface area contributed by atoms with E-state index in [-0.39, 0.29) is 12.1 Å². The molecule has 1 aromatic rings. The predicted octanol–water partition coefficient (Wildman–Crippen LogP) is 2.93. The van der Waals surface area contributed by atoms with E-state index in [2.05, 4.69) is 5.32 Å². The number of methoxy groups -OCH3 is 2. The molecule has 0 amide bonds. The van der Waals surface area contributed by atoms with Crippen molar-refractivity contribution in [3.8, 4) is 0 Å². The van der Waals surface area contributed by atoms with Gasteiger partial charge in [-0.25, -0.2) is 8.78 Å². The van der Waals surface area contributed by atoms with Crippen LogP contribution < -0.4 is 5.32 Å². The Bertz CT molecular complexity index is 422. The van der Waals surface area contributed by atoms with Crippen molar-refractivity contribution in [2.75, 3.05) is 14.2 Å². The lowest BCUT2D eigenvalue weighted by molar-refractivity contribution is -0.120. The predicted molar refractivity (Wildman–Crippen MR) is 69.9 cm³/mol. The maximum Gasteiger partial charge on any atom is 0.171 e. The van der Waals surface area contributed by atoms with Crippen LogP contribution >= 0.6 is 0 Å². The zero-order chi connectivity index (χ0) is 14.6. The summed E-state index contributed by atoms with van der Waals surface area (Å²) in [5, 5.41) is 3.13. The number of benzene rings is 1. The van der Waals surface area contributed by atoms with Crippen molar-refractivity contribution >= 4 is 0 Å². The van der Waals surface area contributed by atoms with Crippen LogP contribution in [0.15, 0.2) is 12.1 Å². The highest BCUT2D eigenvalue weighted by Crippen LogP contribution is 2.21. The normalized spacial score (nSPS) is 14.7. The van der Waals surface area contributed by atoms with Crippen LogP contribution in [0.1, 0.15) is 31.0 Å². The highest BCUT2D eigenvalue weighted by atomic mass is 19.1. The van der Waals surface area contributed by atoms with Crippen molar-refractivity contribution in [2.45, 2.75) is 39.1 Å². The maximum absolute atomic E-state index is 13.8. The Balaban J connectivity index is 2.83. The van der Waals surface area contributed by atoms with Crippen LogP contribution in [-0.4, -0.2) is 26.6 Å². The molecule has 2 atom stereocenters. The SMILES string of the molecule is COC(OC)C(C)NC(C)c1cc(F)c(C)cc1F. The molecular weight excluding hydrogens is 252 g/mol. The van der Waals surface area contributed by atoms with Crippen LogP contribution in [0.25, 0.3) is 0 Å². The van der Waals surface area contributed by atoms with Gasteiger partial charge >= 0.3 is 0 Å². The third kappa shape index (κ3) is 3.96. The second-order valence-corrected chi connectivity index (χ2v) is 4.64. The summed E-state index contributed by atoms with van der Waals surface area (Å²) in [6.45, 7) is 5.16. The molecule has 0 fully saturated rings. The van der Waals surface area contributed by atoms with E-state index in [1.807, 2.05) is 6.92 Å². The first-order valence-electron chi connectivity index (χ1n) is 6.17.